The summed E-state index contributed by atoms with van der Waals surface area (Å²) in [6.07, 6.45) is 4.13. The molecule has 1 heterocycles. The van der Waals surface area contributed by atoms with Crippen LogP contribution in [0.25, 0.3) is 0 Å². The molecule has 160 valence electrons. The highest BCUT2D eigenvalue weighted by Gasteiger charge is 2.20. The van der Waals surface area contributed by atoms with E-state index in [1.54, 1.807) is 12.1 Å². The number of unbranched alkanes of at least 4 members (excludes halogenated alkanes) is 1. The van der Waals surface area contributed by atoms with Crippen LogP contribution in [0.4, 0.5) is 0 Å². The maximum Gasteiger partial charge on any atom is 0.257 e. The number of nitrogens with one attached hydrogen (secondary N) is 2. The normalized spacial score (nSPS) is 14.8. The molecular weight excluding hydrogens is 394 g/mol. The molecule has 0 bridgehead atoms. The minimum absolute atomic E-state index is 0.200. The van der Waals surface area contributed by atoms with Gasteiger partial charge in [0.05, 0.1) is 6.61 Å². The van der Waals surface area contributed by atoms with Gasteiger partial charge in [-0.2, -0.15) is 0 Å². The Morgan fingerprint density at radius 2 is 1.80 bits per heavy atom. The lowest BCUT2D eigenvalue weighted by Gasteiger charge is -2.32. The second kappa shape index (κ2) is 11.7. The van der Waals surface area contributed by atoms with Crippen molar-refractivity contribution in [3.63, 3.8) is 0 Å². The van der Waals surface area contributed by atoms with Crippen LogP contribution in [0.15, 0.2) is 54.6 Å². The summed E-state index contributed by atoms with van der Waals surface area (Å²) in [5.74, 6) is 0.581. The summed E-state index contributed by atoms with van der Waals surface area (Å²) < 4.78 is 5.64. The van der Waals surface area contributed by atoms with Gasteiger partial charge in [-0.3, -0.25) is 15.0 Å². The summed E-state index contributed by atoms with van der Waals surface area (Å²) in [6.45, 7) is 5.83. The molecule has 2 N–H and O–H groups in total. The Kier molecular flexibility index (Phi) is 8.66. The molecule has 1 saturated heterocycles. The number of hydrogen-bond acceptors (Lipinski definition) is 4. The smallest absolute Gasteiger partial charge is 0.257 e. The molecule has 1 amide bonds. The minimum atomic E-state index is -0.200. The number of hydrogen-bond donors (Lipinski definition) is 2. The number of amides is 1. The lowest BCUT2D eigenvalue weighted by atomic mass is 10.0. The monoisotopic (exact) mass is 425 g/mol. The van der Waals surface area contributed by atoms with Crippen LogP contribution in [0, 0.1) is 0 Å². The lowest BCUT2D eigenvalue weighted by molar-refractivity contribution is 0.0976. The van der Waals surface area contributed by atoms with Crippen LogP contribution in [-0.2, 0) is 6.54 Å². The van der Waals surface area contributed by atoms with Crippen molar-refractivity contribution in [2.24, 2.45) is 0 Å². The van der Waals surface area contributed by atoms with E-state index in [4.69, 9.17) is 17.0 Å². The molecule has 1 aliphatic rings. The average molecular weight is 426 g/mol. The number of thiocarbonyl (C=S) groups is 1. The molecular formula is C24H31N3O2S. The fourth-order valence-electron chi connectivity index (χ4n) is 3.51. The Morgan fingerprint density at radius 1 is 1.10 bits per heavy atom. The summed E-state index contributed by atoms with van der Waals surface area (Å²) in [6, 6.07) is 18.0. The standard InChI is InChI=1S/C24H31N3O2S/c1-2-3-17-29-22-11-9-20(10-12-22)23(28)26-24(30)25-21-13-15-27(16-14-21)18-19-7-5-4-6-8-19/h4-12,21H,2-3,13-18H2,1H3,(H2,25,26,28,30). The van der Waals surface area contributed by atoms with Gasteiger partial charge in [0, 0.05) is 31.2 Å². The van der Waals surface area contributed by atoms with Crippen molar-refractivity contribution in [1.82, 2.24) is 15.5 Å². The zero-order valence-corrected chi connectivity index (χ0v) is 18.4. The lowest BCUT2D eigenvalue weighted by Crippen LogP contribution is -2.48. The second-order valence-electron chi connectivity index (χ2n) is 7.69. The van der Waals surface area contributed by atoms with Crippen LogP contribution in [0.5, 0.6) is 5.75 Å². The van der Waals surface area contributed by atoms with Gasteiger partial charge in [-0.25, -0.2) is 0 Å². The Morgan fingerprint density at radius 3 is 2.47 bits per heavy atom. The number of nitrogens with zero attached hydrogens (tertiary/aromatic N) is 1. The number of carbonyl (C=O) groups excluding carboxylic acids is 1. The summed E-state index contributed by atoms with van der Waals surface area (Å²) in [7, 11) is 0. The van der Waals surface area contributed by atoms with E-state index in [-0.39, 0.29) is 5.91 Å². The van der Waals surface area contributed by atoms with Gasteiger partial charge in [-0.15, -0.1) is 0 Å². The van der Waals surface area contributed by atoms with Crippen LogP contribution in [0.1, 0.15) is 48.5 Å². The number of ether oxygens (including phenoxy) is 1. The first-order chi connectivity index (χ1) is 14.6. The molecule has 6 heteroatoms. The molecule has 0 aromatic heterocycles. The number of carbonyl (C=O) groups is 1. The van der Waals surface area contributed by atoms with Crippen LogP contribution >= 0.6 is 12.2 Å². The van der Waals surface area contributed by atoms with Crippen LogP contribution in [-0.4, -0.2) is 41.7 Å². The Hall–Kier alpha value is -2.44. The molecule has 0 aliphatic carbocycles. The van der Waals surface area contributed by atoms with Crippen molar-refractivity contribution >= 4 is 23.2 Å². The van der Waals surface area contributed by atoms with E-state index in [1.807, 2.05) is 18.2 Å². The van der Waals surface area contributed by atoms with Gasteiger partial charge in [-0.05, 0) is 61.3 Å². The predicted molar refractivity (Wildman–Crippen MR) is 125 cm³/mol. The molecule has 3 rings (SSSR count). The largest absolute Gasteiger partial charge is 0.494 e. The Bertz CT molecular complexity index is 803. The van der Waals surface area contributed by atoms with E-state index in [0.29, 0.717) is 23.3 Å². The number of rotatable bonds is 8. The SMILES string of the molecule is CCCCOc1ccc(C(=O)NC(=S)NC2CCN(Cc3ccccc3)CC2)cc1. The van der Waals surface area contributed by atoms with Gasteiger partial charge in [0.25, 0.3) is 5.91 Å². The van der Waals surface area contributed by atoms with Gasteiger partial charge < -0.3 is 10.1 Å². The van der Waals surface area contributed by atoms with Crippen molar-refractivity contribution in [2.45, 2.75) is 45.2 Å². The molecule has 2 aromatic rings. The van der Waals surface area contributed by atoms with Crippen molar-refractivity contribution in [3.8, 4) is 5.75 Å². The van der Waals surface area contributed by atoms with E-state index < -0.39 is 0 Å². The van der Waals surface area contributed by atoms with Gasteiger partial charge >= 0.3 is 0 Å². The maximum atomic E-state index is 12.4. The van der Waals surface area contributed by atoms with Crippen molar-refractivity contribution in [3.05, 3.63) is 65.7 Å². The fraction of sp³-hybridized carbons (Fsp3) is 0.417. The average Bonchev–Trinajstić information content (AvgIpc) is 2.76. The molecule has 1 fully saturated rings. The van der Waals surface area contributed by atoms with E-state index in [2.05, 4.69) is 46.7 Å². The van der Waals surface area contributed by atoms with Crippen LogP contribution < -0.4 is 15.4 Å². The molecule has 0 radical (unpaired) electrons. The highest BCUT2D eigenvalue weighted by atomic mass is 32.1. The van der Waals surface area contributed by atoms with Gasteiger partial charge in [0.1, 0.15) is 5.75 Å². The molecule has 0 saturated carbocycles. The van der Waals surface area contributed by atoms with Crippen LogP contribution in [0.2, 0.25) is 0 Å². The second-order valence-corrected chi connectivity index (χ2v) is 8.10. The van der Waals surface area contributed by atoms with Gasteiger partial charge in [0.2, 0.25) is 0 Å². The summed E-state index contributed by atoms with van der Waals surface area (Å²) in [5.41, 5.74) is 1.91. The molecule has 30 heavy (non-hydrogen) atoms. The molecule has 2 aromatic carbocycles. The number of piperidine rings is 1. The molecule has 0 unspecified atom stereocenters. The summed E-state index contributed by atoms with van der Waals surface area (Å²) in [5, 5.41) is 6.48. The first-order valence-electron chi connectivity index (χ1n) is 10.7. The Labute approximate surface area is 184 Å². The third-order valence-electron chi connectivity index (χ3n) is 5.28. The van der Waals surface area contributed by atoms with Crippen LogP contribution in [0.3, 0.4) is 0 Å². The molecule has 5 nitrogen and oxygen atoms in total. The number of benzene rings is 2. The first kappa shape index (κ1) is 22.2. The topological polar surface area (TPSA) is 53.6 Å². The summed E-state index contributed by atoms with van der Waals surface area (Å²) >= 11 is 5.36. The molecule has 0 spiro atoms. The third kappa shape index (κ3) is 7.11. The third-order valence-corrected chi connectivity index (χ3v) is 5.50. The van der Waals surface area contributed by atoms with Gasteiger partial charge in [0.15, 0.2) is 5.11 Å². The highest BCUT2D eigenvalue weighted by Crippen LogP contribution is 2.15. The molecule has 0 atom stereocenters. The fourth-order valence-corrected chi connectivity index (χ4v) is 3.77. The van der Waals surface area contributed by atoms with E-state index in [0.717, 1.165) is 51.1 Å². The number of likely N-dealkylation sites (tertiary alicyclic amines) is 1. The zero-order chi connectivity index (χ0) is 21.2. The predicted octanol–water partition coefficient (Wildman–Crippen LogP) is 4.13. The van der Waals surface area contributed by atoms with Crippen molar-refractivity contribution in [2.75, 3.05) is 19.7 Å². The van der Waals surface area contributed by atoms with E-state index in [9.17, 15) is 4.79 Å². The van der Waals surface area contributed by atoms with Crippen molar-refractivity contribution < 1.29 is 9.53 Å². The van der Waals surface area contributed by atoms with E-state index in [1.165, 1.54) is 5.56 Å². The highest BCUT2D eigenvalue weighted by molar-refractivity contribution is 7.80. The van der Waals surface area contributed by atoms with Gasteiger partial charge in [-0.1, -0.05) is 43.7 Å². The quantitative estimate of drug-likeness (QED) is 0.492. The zero-order valence-electron chi connectivity index (χ0n) is 17.6. The first-order valence-corrected chi connectivity index (χ1v) is 11.2. The minimum Gasteiger partial charge on any atom is -0.494 e. The van der Waals surface area contributed by atoms with E-state index >= 15 is 0 Å². The maximum absolute atomic E-state index is 12.4. The molecule has 1 aliphatic heterocycles. The summed E-state index contributed by atoms with van der Waals surface area (Å²) in [4.78, 5) is 14.9. The van der Waals surface area contributed by atoms with Crippen molar-refractivity contribution in [1.29, 1.82) is 0 Å². The Balaban J connectivity index is 1.38.